The Labute approximate surface area is 94.4 Å². The lowest BCUT2D eigenvalue weighted by Crippen LogP contribution is -2.55. The number of esters is 1. The van der Waals surface area contributed by atoms with Gasteiger partial charge in [0.05, 0.1) is 7.11 Å². The van der Waals surface area contributed by atoms with E-state index in [4.69, 9.17) is 11.6 Å². The van der Waals surface area contributed by atoms with Crippen molar-refractivity contribution in [2.45, 2.75) is 18.6 Å². The Morgan fingerprint density at radius 1 is 1.38 bits per heavy atom. The lowest BCUT2D eigenvalue weighted by atomic mass is 10.0. The van der Waals surface area contributed by atoms with Gasteiger partial charge in [0, 0.05) is 5.54 Å². The van der Waals surface area contributed by atoms with Crippen LogP contribution in [0.15, 0.2) is 11.6 Å². The predicted molar refractivity (Wildman–Crippen MR) is 49.6 cm³/mol. The highest BCUT2D eigenvalue weighted by Crippen LogP contribution is 2.18. The monoisotopic (exact) mass is 259 g/mol. The van der Waals surface area contributed by atoms with E-state index in [2.05, 4.69) is 4.74 Å². The number of nitrogens with one attached hydrogen (secondary N) is 1. The third-order valence-electron chi connectivity index (χ3n) is 1.64. The van der Waals surface area contributed by atoms with Crippen LogP contribution in [-0.4, -0.2) is 30.7 Å². The summed E-state index contributed by atoms with van der Waals surface area (Å²) < 4.78 is 40.1. The molecule has 0 saturated heterocycles. The van der Waals surface area contributed by atoms with Gasteiger partial charge in [-0.3, -0.25) is 4.79 Å². The molecule has 0 saturated carbocycles. The van der Waals surface area contributed by atoms with Crippen molar-refractivity contribution >= 4 is 23.5 Å². The summed E-state index contributed by atoms with van der Waals surface area (Å²) in [6.07, 6.45) is -4.21. The molecule has 16 heavy (non-hydrogen) atoms. The van der Waals surface area contributed by atoms with Crippen molar-refractivity contribution in [3.8, 4) is 0 Å². The van der Waals surface area contributed by atoms with E-state index in [-0.39, 0.29) is 0 Å². The van der Waals surface area contributed by atoms with Crippen LogP contribution >= 0.6 is 11.6 Å². The van der Waals surface area contributed by atoms with Crippen molar-refractivity contribution in [2.24, 2.45) is 0 Å². The van der Waals surface area contributed by atoms with Crippen molar-refractivity contribution in [3.63, 3.8) is 0 Å². The molecule has 0 bridgehead atoms. The van der Waals surface area contributed by atoms with Gasteiger partial charge in [0.25, 0.3) is 0 Å². The maximum atomic E-state index is 12.0. The summed E-state index contributed by atoms with van der Waals surface area (Å²) in [5.74, 6) is -3.32. The van der Waals surface area contributed by atoms with Crippen LogP contribution in [0.4, 0.5) is 13.2 Å². The molecule has 1 atom stereocenters. The molecule has 0 aliphatic rings. The number of rotatable bonds is 3. The SMILES string of the molecule is COC(=O)[C@](C)(/C=C/Cl)NC(=O)C(F)(F)F. The second-order valence-electron chi connectivity index (χ2n) is 2.94. The molecule has 8 heteroatoms. The molecule has 0 aromatic rings. The first-order valence-electron chi connectivity index (χ1n) is 3.93. The minimum absolute atomic E-state index is 0.813. The number of alkyl halides is 3. The standard InChI is InChI=1S/C8H9ClF3NO3/c1-7(3-4-9,6(15)16-2)13-5(14)8(10,11)12/h3-4H,1-2H3,(H,13,14)/b4-3+/t7-/m0/s1. The maximum Gasteiger partial charge on any atom is 0.471 e. The lowest BCUT2D eigenvalue weighted by Gasteiger charge is -2.24. The van der Waals surface area contributed by atoms with Crippen molar-refractivity contribution in [1.29, 1.82) is 0 Å². The summed E-state index contributed by atoms with van der Waals surface area (Å²) >= 11 is 5.16. The van der Waals surface area contributed by atoms with E-state index in [9.17, 15) is 22.8 Å². The number of methoxy groups -OCH3 is 1. The summed E-state index contributed by atoms with van der Waals surface area (Å²) in [5.41, 5.74) is -1.14. The Hall–Kier alpha value is -1.24. The predicted octanol–water partition coefficient (Wildman–Crippen LogP) is 1.35. The highest BCUT2D eigenvalue weighted by Gasteiger charge is 2.44. The number of hydrogen-bond donors (Lipinski definition) is 1. The smallest absolute Gasteiger partial charge is 0.467 e. The summed E-state index contributed by atoms with van der Waals surface area (Å²) in [7, 11) is 0.975. The Kier molecular flexibility index (Phi) is 4.80. The molecule has 0 spiro atoms. The topological polar surface area (TPSA) is 55.4 Å². The van der Waals surface area contributed by atoms with E-state index < -0.39 is 23.6 Å². The fraction of sp³-hybridized carbons (Fsp3) is 0.500. The number of carbonyl (C=O) groups excluding carboxylic acids is 2. The van der Waals surface area contributed by atoms with Crippen LogP contribution in [0.25, 0.3) is 0 Å². The van der Waals surface area contributed by atoms with Gasteiger partial charge in [0.2, 0.25) is 0 Å². The van der Waals surface area contributed by atoms with Gasteiger partial charge in [0.15, 0.2) is 5.54 Å². The molecule has 0 heterocycles. The van der Waals surface area contributed by atoms with Crippen molar-refractivity contribution in [3.05, 3.63) is 11.6 Å². The van der Waals surface area contributed by atoms with E-state index in [0.717, 1.165) is 25.6 Å². The second-order valence-corrected chi connectivity index (χ2v) is 3.19. The van der Waals surface area contributed by atoms with Gasteiger partial charge in [-0.05, 0) is 13.0 Å². The zero-order chi connectivity index (χ0) is 13.0. The van der Waals surface area contributed by atoms with Gasteiger partial charge >= 0.3 is 18.1 Å². The van der Waals surface area contributed by atoms with Crippen molar-refractivity contribution in [2.75, 3.05) is 7.11 Å². The first kappa shape index (κ1) is 14.8. The average molecular weight is 260 g/mol. The Balaban J connectivity index is 4.97. The number of carbonyl (C=O) groups is 2. The summed E-state index contributed by atoms with van der Waals surface area (Å²) in [6.45, 7) is 1.03. The molecule has 4 nitrogen and oxygen atoms in total. The molecule has 92 valence electrons. The first-order valence-corrected chi connectivity index (χ1v) is 4.36. The van der Waals surface area contributed by atoms with Crippen LogP contribution in [0.1, 0.15) is 6.92 Å². The van der Waals surface area contributed by atoms with Crippen LogP contribution in [0.5, 0.6) is 0 Å². The Morgan fingerprint density at radius 3 is 2.19 bits per heavy atom. The van der Waals surface area contributed by atoms with Gasteiger partial charge in [-0.25, -0.2) is 4.79 Å². The van der Waals surface area contributed by atoms with Crippen LogP contribution in [0.2, 0.25) is 0 Å². The molecular weight excluding hydrogens is 251 g/mol. The first-order chi connectivity index (χ1) is 7.17. The highest BCUT2D eigenvalue weighted by molar-refractivity contribution is 6.25. The fourth-order valence-corrected chi connectivity index (χ4v) is 1.06. The molecule has 1 amide bonds. The molecule has 0 radical (unpaired) electrons. The van der Waals surface area contributed by atoms with E-state index in [0.29, 0.717) is 0 Å². The Bertz CT molecular complexity index is 316. The van der Waals surface area contributed by atoms with Crippen LogP contribution in [0.3, 0.4) is 0 Å². The molecule has 0 fully saturated rings. The van der Waals surface area contributed by atoms with E-state index >= 15 is 0 Å². The molecular formula is C8H9ClF3NO3. The van der Waals surface area contributed by atoms with E-state index in [1.165, 1.54) is 5.32 Å². The van der Waals surface area contributed by atoms with E-state index in [1.807, 2.05) is 0 Å². The minimum atomic E-state index is -5.09. The van der Waals surface area contributed by atoms with Crippen molar-refractivity contribution < 1.29 is 27.5 Å². The molecule has 0 aliphatic carbocycles. The summed E-state index contributed by atoms with van der Waals surface area (Å²) in [5, 5.41) is 1.48. The molecule has 0 rings (SSSR count). The Morgan fingerprint density at radius 2 is 1.88 bits per heavy atom. The average Bonchev–Trinajstić information content (AvgIpc) is 2.15. The van der Waals surface area contributed by atoms with Gasteiger partial charge in [-0.15, -0.1) is 0 Å². The largest absolute Gasteiger partial charge is 0.471 e. The molecule has 0 aromatic carbocycles. The quantitative estimate of drug-likeness (QED) is 0.779. The number of amides is 1. The number of hydrogen-bond acceptors (Lipinski definition) is 3. The number of halogens is 4. The lowest BCUT2D eigenvalue weighted by molar-refractivity contribution is -0.176. The van der Waals surface area contributed by atoms with Crippen LogP contribution < -0.4 is 5.32 Å². The third kappa shape index (κ3) is 3.73. The second kappa shape index (κ2) is 5.20. The van der Waals surface area contributed by atoms with Gasteiger partial charge in [-0.1, -0.05) is 11.6 Å². The van der Waals surface area contributed by atoms with Crippen LogP contribution in [-0.2, 0) is 14.3 Å². The normalized spacial score (nSPS) is 15.6. The van der Waals surface area contributed by atoms with Crippen molar-refractivity contribution in [1.82, 2.24) is 5.32 Å². The molecule has 1 N–H and O–H groups in total. The molecule has 0 aromatic heterocycles. The van der Waals surface area contributed by atoms with E-state index in [1.54, 1.807) is 0 Å². The maximum absolute atomic E-state index is 12.0. The van der Waals surface area contributed by atoms with Gasteiger partial charge in [0.1, 0.15) is 0 Å². The summed E-state index contributed by atoms with van der Waals surface area (Å²) in [4.78, 5) is 21.8. The zero-order valence-corrected chi connectivity index (χ0v) is 9.15. The minimum Gasteiger partial charge on any atom is -0.467 e. The van der Waals surface area contributed by atoms with Gasteiger partial charge < -0.3 is 10.1 Å². The number of ether oxygens (including phenoxy) is 1. The zero-order valence-electron chi connectivity index (χ0n) is 8.39. The molecule has 0 unspecified atom stereocenters. The summed E-state index contributed by atoms with van der Waals surface area (Å²) in [6, 6.07) is 0. The van der Waals surface area contributed by atoms with Crippen LogP contribution in [0, 0.1) is 0 Å². The highest BCUT2D eigenvalue weighted by atomic mass is 35.5. The van der Waals surface area contributed by atoms with Gasteiger partial charge in [-0.2, -0.15) is 13.2 Å². The third-order valence-corrected chi connectivity index (χ3v) is 1.76. The fourth-order valence-electron chi connectivity index (χ4n) is 0.805. The molecule has 0 aliphatic heterocycles.